The molecule has 2 N–H and O–H groups in total. The van der Waals surface area contributed by atoms with Crippen LogP contribution in [0.5, 0.6) is 0 Å². The van der Waals surface area contributed by atoms with Gasteiger partial charge in [-0.2, -0.15) is 5.10 Å². The van der Waals surface area contributed by atoms with Crippen molar-refractivity contribution in [2.24, 2.45) is 0 Å². The average Bonchev–Trinajstić information content (AvgIpc) is 3.43. The highest BCUT2D eigenvalue weighted by molar-refractivity contribution is 6.00. The van der Waals surface area contributed by atoms with Crippen molar-refractivity contribution in [3.05, 3.63) is 67.0 Å². The van der Waals surface area contributed by atoms with Crippen LogP contribution in [0.3, 0.4) is 0 Å². The number of anilines is 4. The summed E-state index contributed by atoms with van der Waals surface area (Å²) in [5, 5.41) is 10.6. The number of amides is 2. The third-order valence-electron chi connectivity index (χ3n) is 7.12. The Labute approximate surface area is 221 Å². The number of hydrogen-bond donors (Lipinski definition) is 2. The van der Waals surface area contributed by atoms with Crippen molar-refractivity contribution in [2.45, 2.75) is 0 Å². The fourth-order valence-electron chi connectivity index (χ4n) is 4.92. The van der Waals surface area contributed by atoms with Crippen LogP contribution in [0.4, 0.5) is 27.5 Å². The van der Waals surface area contributed by atoms with Crippen molar-refractivity contribution in [1.82, 2.24) is 19.5 Å². The molecule has 4 aromatic rings. The number of ether oxygens (including phenoxy) is 1. The number of piperazine rings is 1. The molecule has 38 heavy (non-hydrogen) atoms. The average molecular weight is 513 g/mol. The van der Waals surface area contributed by atoms with Gasteiger partial charge in [-0.15, -0.1) is 0 Å². The first kappa shape index (κ1) is 24.2. The van der Waals surface area contributed by atoms with E-state index in [1.54, 1.807) is 6.20 Å². The van der Waals surface area contributed by atoms with E-state index >= 15 is 0 Å². The zero-order valence-corrected chi connectivity index (χ0v) is 21.5. The summed E-state index contributed by atoms with van der Waals surface area (Å²) in [5.74, 6) is 0. The van der Waals surface area contributed by atoms with Crippen LogP contribution in [0.15, 0.2) is 67.0 Å². The molecule has 0 spiro atoms. The minimum absolute atomic E-state index is 0.280. The number of nitrogens with zero attached hydrogens (tertiary/aromatic N) is 6. The van der Waals surface area contributed by atoms with E-state index in [0.29, 0.717) is 18.9 Å². The minimum atomic E-state index is -0.280. The summed E-state index contributed by atoms with van der Waals surface area (Å²) < 4.78 is 7.33. The Hall–Kier alpha value is -4.15. The number of hydrogen-bond acceptors (Lipinski definition) is 7. The number of likely N-dealkylation sites (N-methyl/N-ethyl adjacent to an activating group) is 1. The van der Waals surface area contributed by atoms with Crippen LogP contribution in [0.2, 0.25) is 0 Å². The zero-order chi connectivity index (χ0) is 25.9. The van der Waals surface area contributed by atoms with Crippen LogP contribution in [0.1, 0.15) is 0 Å². The molecule has 0 saturated carbocycles. The third kappa shape index (κ3) is 5.27. The molecule has 2 aromatic carbocycles. The van der Waals surface area contributed by atoms with Gasteiger partial charge in [-0.1, -0.05) is 12.1 Å². The van der Waals surface area contributed by atoms with E-state index in [4.69, 9.17) is 9.84 Å². The summed E-state index contributed by atoms with van der Waals surface area (Å²) in [6.07, 6.45) is 3.63. The number of carbonyl (C=O) groups is 1. The van der Waals surface area contributed by atoms with Crippen molar-refractivity contribution in [2.75, 3.05) is 80.0 Å². The topological polar surface area (TPSA) is 90.3 Å². The van der Waals surface area contributed by atoms with Gasteiger partial charge in [-0.05, 0) is 49.5 Å². The van der Waals surface area contributed by atoms with Gasteiger partial charge in [-0.25, -0.2) is 14.3 Å². The zero-order valence-electron chi connectivity index (χ0n) is 21.5. The fraction of sp³-hybridized carbons (Fsp3) is 0.321. The van der Waals surface area contributed by atoms with Crippen molar-refractivity contribution in [1.29, 1.82) is 0 Å². The molecule has 10 heteroatoms. The van der Waals surface area contributed by atoms with Gasteiger partial charge in [0.25, 0.3) is 0 Å². The van der Waals surface area contributed by atoms with Crippen molar-refractivity contribution in [3.63, 3.8) is 0 Å². The molecule has 0 radical (unpaired) electrons. The smallest absolute Gasteiger partial charge is 0.323 e. The Morgan fingerprint density at radius 1 is 0.842 bits per heavy atom. The third-order valence-corrected chi connectivity index (χ3v) is 7.12. The summed E-state index contributed by atoms with van der Waals surface area (Å²) in [7, 11) is 2.15. The first-order chi connectivity index (χ1) is 18.6. The van der Waals surface area contributed by atoms with Crippen LogP contribution in [0.25, 0.3) is 16.9 Å². The lowest BCUT2D eigenvalue weighted by Gasteiger charge is -2.34. The molecule has 0 bridgehead atoms. The molecule has 2 aliphatic heterocycles. The molecule has 0 aliphatic carbocycles. The van der Waals surface area contributed by atoms with Crippen molar-refractivity contribution in [3.8, 4) is 11.3 Å². The molecule has 2 saturated heterocycles. The molecule has 2 fully saturated rings. The predicted molar refractivity (Wildman–Crippen MR) is 150 cm³/mol. The van der Waals surface area contributed by atoms with Crippen LogP contribution in [0, 0.1) is 0 Å². The summed E-state index contributed by atoms with van der Waals surface area (Å²) >= 11 is 0. The van der Waals surface area contributed by atoms with Crippen LogP contribution in [-0.4, -0.2) is 85.1 Å². The molecule has 0 unspecified atom stereocenters. The number of aromatic nitrogens is 3. The predicted octanol–water partition coefficient (Wildman–Crippen LogP) is 3.63. The summed E-state index contributed by atoms with van der Waals surface area (Å²) in [6, 6.07) is 17.5. The Morgan fingerprint density at radius 2 is 1.50 bits per heavy atom. The quantitative estimate of drug-likeness (QED) is 0.422. The highest BCUT2D eigenvalue weighted by Crippen LogP contribution is 2.28. The normalized spacial score (nSPS) is 16.6. The second-order valence-electron chi connectivity index (χ2n) is 9.70. The van der Waals surface area contributed by atoms with E-state index in [1.165, 1.54) is 5.69 Å². The molecule has 2 amide bonds. The number of imidazole rings is 1. The Kier molecular flexibility index (Phi) is 6.80. The second-order valence-corrected chi connectivity index (χ2v) is 9.70. The Bertz CT molecular complexity index is 1390. The monoisotopic (exact) mass is 512 g/mol. The van der Waals surface area contributed by atoms with Crippen molar-refractivity contribution < 1.29 is 9.53 Å². The number of morpholine rings is 1. The first-order valence-electron chi connectivity index (χ1n) is 13.0. The summed E-state index contributed by atoms with van der Waals surface area (Å²) in [4.78, 5) is 24.1. The maximum Gasteiger partial charge on any atom is 0.323 e. The number of carbonyl (C=O) groups excluding carboxylic acids is 1. The van der Waals surface area contributed by atoms with Gasteiger partial charge in [0, 0.05) is 74.3 Å². The van der Waals surface area contributed by atoms with E-state index in [2.05, 4.69) is 55.6 Å². The highest BCUT2D eigenvalue weighted by atomic mass is 16.5. The van der Waals surface area contributed by atoms with E-state index in [0.717, 1.165) is 67.5 Å². The fourth-order valence-corrected chi connectivity index (χ4v) is 4.92. The number of rotatable bonds is 5. The van der Waals surface area contributed by atoms with Gasteiger partial charge in [0.2, 0.25) is 0 Å². The minimum Gasteiger partial charge on any atom is -0.378 e. The van der Waals surface area contributed by atoms with Gasteiger partial charge in [0.15, 0.2) is 5.65 Å². The Balaban J connectivity index is 1.11. The maximum absolute atomic E-state index is 12.6. The highest BCUT2D eigenvalue weighted by Gasteiger charge is 2.18. The van der Waals surface area contributed by atoms with Gasteiger partial charge in [0.1, 0.15) is 0 Å². The lowest BCUT2D eigenvalue weighted by Crippen LogP contribution is -2.44. The second kappa shape index (κ2) is 10.7. The molecule has 196 valence electrons. The number of benzene rings is 2. The standard InChI is InChI=1S/C28H32N8O2/c1-33-12-14-34(15-13-33)24-8-6-23(7-9-24)31-28(37)30-22-4-2-21(3-5-22)25-20-26(35-16-18-38-19-17-35)27-29-10-11-36(27)32-25/h2-11,20H,12-19H2,1H3,(H2,30,31,37). The summed E-state index contributed by atoms with van der Waals surface area (Å²) in [6.45, 7) is 7.20. The van der Waals surface area contributed by atoms with Gasteiger partial charge < -0.3 is 30.1 Å². The number of urea groups is 1. The summed E-state index contributed by atoms with van der Waals surface area (Å²) in [5.41, 5.74) is 6.32. The molecule has 10 nitrogen and oxygen atoms in total. The van der Waals surface area contributed by atoms with Gasteiger partial charge in [-0.3, -0.25) is 0 Å². The maximum atomic E-state index is 12.6. The molecule has 6 rings (SSSR count). The van der Waals surface area contributed by atoms with E-state index in [9.17, 15) is 4.79 Å². The molecular formula is C28H32N8O2. The first-order valence-corrected chi connectivity index (χ1v) is 13.0. The Morgan fingerprint density at radius 3 is 2.18 bits per heavy atom. The van der Waals surface area contributed by atoms with Crippen LogP contribution < -0.4 is 20.4 Å². The van der Waals surface area contributed by atoms with E-state index in [1.807, 2.05) is 47.1 Å². The lowest BCUT2D eigenvalue weighted by atomic mass is 10.1. The van der Waals surface area contributed by atoms with E-state index < -0.39 is 0 Å². The number of fused-ring (bicyclic) bond motifs is 1. The number of nitrogens with one attached hydrogen (secondary N) is 2. The molecule has 2 aromatic heterocycles. The SMILES string of the molecule is CN1CCN(c2ccc(NC(=O)Nc3ccc(-c4cc(N5CCOCC5)c5nccn5n4)cc3)cc2)CC1. The molecule has 4 heterocycles. The van der Waals surface area contributed by atoms with Crippen LogP contribution in [-0.2, 0) is 4.74 Å². The largest absolute Gasteiger partial charge is 0.378 e. The molecule has 2 aliphatic rings. The molecular weight excluding hydrogens is 480 g/mol. The van der Waals surface area contributed by atoms with Crippen molar-refractivity contribution >= 4 is 34.4 Å². The lowest BCUT2D eigenvalue weighted by molar-refractivity contribution is 0.123. The van der Waals surface area contributed by atoms with Gasteiger partial charge in [0.05, 0.1) is 24.6 Å². The van der Waals surface area contributed by atoms with Gasteiger partial charge >= 0.3 is 6.03 Å². The molecule has 0 atom stereocenters. The van der Waals surface area contributed by atoms with E-state index in [-0.39, 0.29) is 6.03 Å². The van der Waals surface area contributed by atoms with Crippen LogP contribution >= 0.6 is 0 Å².